The van der Waals surface area contributed by atoms with Gasteiger partial charge in [0.25, 0.3) is 11.1 Å². The minimum atomic E-state index is -0.324. The summed E-state index contributed by atoms with van der Waals surface area (Å²) < 4.78 is 2.20. The van der Waals surface area contributed by atoms with Gasteiger partial charge in [0.15, 0.2) is 0 Å². The van der Waals surface area contributed by atoms with Gasteiger partial charge in [0.1, 0.15) is 0 Å². The van der Waals surface area contributed by atoms with Gasteiger partial charge in [0.05, 0.1) is 17.1 Å². The van der Waals surface area contributed by atoms with Gasteiger partial charge in [0.2, 0.25) is 0 Å². The summed E-state index contributed by atoms with van der Waals surface area (Å²) in [4.78, 5) is 25.9. The first-order chi connectivity index (χ1) is 12.3. The molecule has 26 heavy (non-hydrogen) atoms. The van der Waals surface area contributed by atoms with Gasteiger partial charge in [-0.3, -0.25) is 14.5 Å². The van der Waals surface area contributed by atoms with E-state index in [1.54, 1.807) is 6.08 Å². The number of aryl methyl sites for hydroxylation is 3. The van der Waals surface area contributed by atoms with Crippen molar-refractivity contribution in [3.05, 3.63) is 57.2 Å². The number of para-hydroxylation sites is 1. The fourth-order valence-electron chi connectivity index (χ4n) is 3.31. The third-order valence-electron chi connectivity index (χ3n) is 4.54. The molecule has 4 nitrogen and oxygen atoms in total. The third kappa shape index (κ3) is 2.97. The van der Waals surface area contributed by atoms with Crippen LogP contribution in [0.4, 0.5) is 4.79 Å². The van der Waals surface area contributed by atoms with Crippen LogP contribution in [0.25, 0.3) is 11.8 Å². The fraction of sp³-hybridized carbons (Fsp3) is 0.238. The molecule has 2 heterocycles. The summed E-state index contributed by atoms with van der Waals surface area (Å²) in [6.07, 6.45) is 7.03. The van der Waals surface area contributed by atoms with Crippen LogP contribution in [-0.4, -0.2) is 27.2 Å². The van der Waals surface area contributed by atoms with Gasteiger partial charge in [-0.15, -0.1) is 6.42 Å². The molecule has 1 aliphatic rings. The van der Waals surface area contributed by atoms with Crippen LogP contribution in [0.1, 0.15) is 28.1 Å². The van der Waals surface area contributed by atoms with Crippen molar-refractivity contribution in [3.8, 4) is 18.0 Å². The largest absolute Gasteiger partial charge is 0.317 e. The number of aromatic nitrogens is 1. The average Bonchev–Trinajstić information content (AvgIpc) is 3.00. The van der Waals surface area contributed by atoms with Gasteiger partial charge < -0.3 is 4.57 Å². The van der Waals surface area contributed by atoms with E-state index in [0.29, 0.717) is 4.91 Å². The van der Waals surface area contributed by atoms with E-state index in [1.165, 1.54) is 11.1 Å². The van der Waals surface area contributed by atoms with E-state index in [0.717, 1.165) is 39.3 Å². The number of imide groups is 1. The summed E-state index contributed by atoms with van der Waals surface area (Å²) >= 11 is 0.936. The first kappa shape index (κ1) is 18.1. The lowest BCUT2D eigenvalue weighted by Gasteiger charge is -2.15. The maximum atomic E-state index is 12.4. The highest BCUT2D eigenvalue weighted by Gasteiger charge is 2.34. The van der Waals surface area contributed by atoms with Gasteiger partial charge in [-0.1, -0.05) is 24.1 Å². The van der Waals surface area contributed by atoms with Crippen LogP contribution in [0.2, 0.25) is 0 Å². The Morgan fingerprint density at radius 2 is 1.81 bits per heavy atom. The minimum Gasteiger partial charge on any atom is -0.317 e. The quantitative estimate of drug-likeness (QED) is 0.599. The molecule has 5 heteroatoms. The highest BCUT2D eigenvalue weighted by molar-refractivity contribution is 8.18. The molecule has 2 amide bonds. The summed E-state index contributed by atoms with van der Waals surface area (Å²) in [6.45, 7) is 8.25. The van der Waals surface area contributed by atoms with E-state index >= 15 is 0 Å². The maximum Gasteiger partial charge on any atom is 0.294 e. The van der Waals surface area contributed by atoms with Gasteiger partial charge in [-0.05, 0) is 68.3 Å². The van der Waals surface area contributed by atoms with E-state index in [4.69, 9.17) is 6.42 Å². The van der Waals surface area contributed by atoms with E-state index in [9.17, 15) is 9.59 Å². The molecule has 0 atom stereocenters. The van der Waals surface area contributed by atoms with Crippen LogP contribution in [0, 0.1) is 40.0 Å². The number of carbonyl (C=O) groups excluding carboxylic acids is 2. The van der Waals surface area contributed by atoms with Crippen molar-refractivity contribution in [2.45, 2.75) is 27.7 Å². The molecule has 1 aromatic carbocycles. The molecule has 0 aliphatic carbocycles. The normalized spacial score (nSPS) is 15.8. The lowest BCUT2D eigenvalue weighted by molar-refractivity contribution is -0.122. The Balaban J connectivity index is 2.06. The smallest absolute Gasteiger partial charge is 0.294 e. The lowest BCUT2D eigenvalue weighted by atomic mass is 10.1. The molecule has 132 valence electrons. The predicted molar refractivity (Wildman–Crippen MR) is 106 cm³/mol. The summed E-state index contributed by atoms with van der Waals surface area (Å²) in [5, 5.41) is -0.317. The minimum absolute atomic E-state index is 0.00341. The van der Waals surface area contributed by atoms with Crippen LogP contribution in [0.5, 0.6) is 0 Å². The number of hydrogen-bond donors (Lipinski definition) is 0. The molecule has 0 N–H and O–H groups in total. The topological polar surface area (TPSA) is 42.3 Å². The third-order valence-corrected chi connectivity index (χ3v) is 5.45. The van der Waals surface area contributed by atoms with Gasteiger partial charge in [-0.25, -0.2) is 0 Å². The molecule has 0 spiro atoms. The van der Waals surface area contributed by atoms with Crippen LogP contribution in [0.3, 0.4) is 0 Å². The first-order valence-electron chi connectivity index (χ1n) is 8.29. The van der Waals surface area contributed by atoms with Crippen molar-refractivity contribution in [3.63, 3.8) is 0 Å². The van der Waals surface area contributed by atoms with E-state index in [-0.39, 0.29) is 17.7 Å². The Labute approximate surface area is 157 Å². The zero-order valence-electron chi connectivity index (χ0n) is 15.3. The molecule has 1 saturated heterocycles. The molecule has 0 bridgehead atoms. The molecule has 3 rings (SSSR count). The highest BCUT2D eigenvalue weighted by atomic mass is 32.2. The van der Waals surface area contributed by atoms with Crippen molar-refractivity contribution in [1.82, 2.24) is 9.47 Å². The number of terminal acetylenes is 1. The number of hydrogen-bond acceptors (Lipinski definition) is 3. The van der Waals surface area contributed by atoms with Crippen LogP contribution >= 0.6 is 11.8 Å². The number of thioether (sulfide) groups is 1. The number of amides is 2. The number of rotatable bonds is 3. The molecule has 1 aromatic heterocycles. The van der Waals surface area contributed by atoms with Crippen LogP contribution in [0.15, 0.2) is 29.2 Å². The van der Waals surface area contributed by atoms with Gasteiger partial charge >= 0.3 is 0 Å². The summed E-state index contributed by atoms with van der Waals surface area (Å²) in [6, 6.07) is 8.26. The maximum absolute atomic E-state index is 12.4. The van der Waals surface area contributed by atoms with Crippen LogP contribution in [-0.2, 0) is 4.79 Å². The van der Waals surface area contributed by atoms with E-state index in [1.807, 2.05) is 26.0 Å². The number of benzene rings is 1. The van der Waals surface area contributed by atoms with Crippen molar-refractivity contribution >= 4 is 29.0 Å². The zero-order chi connectivity index (χ0) is 19.0. The van der Waals surface area contributed by atoms with Gasteiger partial charge in [-0.2, -0.15) is 0 Å². The second-order valence-electron chi connectivity index (χ2n) is 6.37. The van der Waals surface area contributed by atoms with Crippen molar-refractivity contribution in [2.24, 2.45) is 0 Å². The molecule has 0 saturated carbocycles. The van der Waals surface area contributed by atoms with Gasteiger partial charge in [0, 0.05) is 11.4 Å². The second-order valence-corrected chi connectivity index (χ2v) is 7.37. The van der Waals surface area contributed by atoms with Crippen molar-refractivity contribution in [2.75, 3.05) is 6.54 Å². The molecule has 1 aliphatic heterocycles. The monoisotopic (exact) mass is 364 g/mol. The Morgan fingerprint density at radius 1 is 1.15 bits per heavy atom. The first-order valence-corrected chi connectivity index (χ1v) is 9.11. The number of carbonyl (C=O) groups is 2. The number of nitrogens with zero attached hydrogens (tertiary/aromatic N) is 2. The highest BCUT2D eigenvalue weighted by Crippen LogP contribution is 2.34. The second kappa shape index (κ2) is 6.89. The van der Waals surface area contributed by atoms with E-state index < -0.39 is 0 Å². The summed E-state index contributed by atoms with van der Waals surface area (Å²) in [5.41, 5.74) is 6.57. The van der Waals surface area contributed by atoms with Crippen molar-refractivity contribution in [1.29, 1.82) is 0 Å². The fourth-order valence-corrected chi connectivity index (χ4v) is 4.13. The Bertz CT molecular complexity index is 972. The average molecular weight is 364 g/mol. The van der Waals surface area contributed by atoms with E-state index in [2.05, 4.69) is 36.5 Å². The molecule has 1 fully saturated rings. The van der Waals surface area contributed by atoms with Crippen LogP contribution < -0.4 is 0 Å². The predicted octanol–water partition coefficient (Wildman–Crippen LogP) is 4.38. The standard InChI is InChI=1S/C21H20N2O2S/c1-6-10-22-20(24)18(26-21(22)25)12-17-11-15(4)23(16(17)5)19-13(2)8-7-9-14(19)3/h1,7-9,11-12H,10H2,2-5H3/b18-12-. The Morgan fingerprint density at radius 3 is 2.42 bits per heavy atom. The lowest BCUT2D eigenvalue weighted by Crippen LogP contribution is -2.28. The molecule has 0 radical (unpaired) electrons. The molecule has 2 aromatic rings. The molecule has 0 unspecified atom stereocenters. The Kier molecular flexibility index (Phi) is 4.80. The Hall–Kier alpha value is -2.71. The molecular formula is C21H20N2O2S. The molecular weight excluding hydrogens is 344 g/mol. The zero-order valence-corrected chi connectivity index (χ0v) is 16.1. The summed E-state index contributed by atoms with van der Waals surface area (Å²) in [7, 11) is 0. The summed E-state index contributed by atoms with van der Waals surface area (Å²) in [5.74, 6) is 2.03. The van der Waals surface area contributed by atoms with Crippen molar-refractivity contribution < 1.29 is 9.59 Å². The SMILES string of the molecule is C#CCN1C(=O)S/C(=C\c2cc(C)n(-c3c(C)cccc3C)c2C)C1=O.